The number of amides is 1. The number of rotatable bonds is 6. The van der Waals surface area contributed by atoms with Crippen LogP contribution < -0.4 is 4.74 Å². The SMILES string of the molecule is CN(C(=O)COc1ccccc1C#N)C(c1ccccc1)c1ccc(F)cc1. The molecule has 0 fully saturated rings. The molecule has 0 saturated heterocycles. The van der Waals surface area contributed by atoms with E-state index in [0.717, 1.165) is 11.1 Å². The Hall–Kier alpha value is -3.65. The summed E-state index contributed by atoms with van der Waals surface area (Å²) in [5.74, 6) is -0.225. The minimum atomic E-state index is -0.385. The van der Waals surface area contributed by atoms with Crippen molar-refractivity contribution in [3.63, 3.8) is 0 Å². The Morgan fingerprint density at radius 1 is 1.00 bits per heavy atom. The maximum absolute atomic E-state index is 13.4. The van der Waals surface area contributed by atoms with E-state index in [-0.39, 0.29) is 24.4 Å². The molecule has 1 atom stereocenters. The van der Waals surface area contributed by atoms with Crippen molar-refractivity contribution in [1.29, 1.82) is 5.26 Å². The number of nitriles is 1. The Balaban J connectivity index is 1.82. The second-order valence-electron chi connectivity index (χ2n) is 6.27. The number of ether oxygens (including phenoxy) is 1. The van der Waals surface area contributed by atoms with Crippen LogP contribution in [0.4, 0.5) is 4.39 Å². The van der Waals surface area contributed by atoms with E-state index < -0.39 is 0 Å². The van der Waals surface area contributed by atoms with E-state index in [0.29, 0.717) is 11.3 Å². The number of carbonyl (C=O) groups is 1. The summed E-state index contributed by atoms with van der Waals surface area (Å²) in [6.45, 7) is -0.209. The summed E-state index contributed by atoms with van der Waals surface area (Å²) in [5, 5.41) is 9.14. The lowest BCUT2D eigenvalue weighted by Crippen LogP contribution is -2.35. The van der Waals surface area contributed by atoms with Crippen LogP contribution in [0.2, 0.25) is 0 Å². The molecular formula is C23H19FN2O2. The van der Waals surface area contributed by atoms with Gasteiger partial charge in [-0.2, -0.15) is 5.26 Å². The Bertz CT molecular complexity index is 981. The summed E-state index contributed by atoms with van der Waals surface area (Å²) in [7, 11) is 1.68. The minimum Gasteiger partial charge on any atom is -0.482 e. The number of halogens is 1. The van der Waals surface area contributed by atoms with Gasteiger partial charge in [0.15, 0.2) is 6.61 Å². The molecule has 3 aromatic rings. The van der Waals surface area contributed by atoms with Crippen molar-refractivity contribution in [2.24, 2.45) is 0 Å². The smallest absolute Gasteiger partial charge is 0.261 e. The van der Waals surface area contributed by atoms with Crippen LogP contribution in [0.25, 0.3) is 0 Å². The van der Waals surface area contributed by atoms with Gasteiger partial charge < -0.3 is 9.64 Å². The largest absolute Gasteiger partial charge is 0.482 e. The summed E-state index contributed by atoms with van der Waals surface area (Å²) in [4.78, 5) is 14.4. The second kappa shape index (κ2) is 8.83. The van der Waals surface area contributed by atoms with E-state index >= 15 is 0 Å². The summed E-state index contributed by atoms with van der Waals surface area (Å²) in [6, 6.07) is 24.0. The third-order valence-electron chi connectivity index (χ3n) is 4.44. The fraction of sp³-hybridized carbons (Fsp3) is 0.130. The predicted molar refractivity (Wildman–Crippen MR) is 104 cm³/mol. The molecule has 5 heteroatoms. The standard InChI is InChI=1S/C23H19FN2O2/c1-26(22(27)16-28-21-10-6-5-9-19(21)15-25)23(17-7-3-2-4-8-17)18-11-13-20(24)14-12-18/h2-14,23H,16H2,1H3. The van der Waals surface area contributed by atoms with E-state index in [9.17, 15) is 9.18 Å². The van der Waals surface area contributed by atoms with Crippen LogP contribution in [0.15, 0.2) is 78.9 Å². The van der Waals surface area contributed by atoms with E-state index in [2.05, 4.69) is 0 Å². The lowest BCUT2D eigenvalue weighted by molar-refractivity contribution is -0.133. The van der Waals surface area contributed by atoms with Gasteiger partial charge in [0.2, 0.25) is 0 Å². The normalized spacial score (nSPS) is 11.3. The molecule has 1 amide bonds. The molecule has 0 spiro atoms. The number of hydrogen-bond donors (Lipinski definition) is 0. The molecule has 3 rings (SSSR count). The topological polar surface area (TPSA) is 53.3 Å². The van der Waals surface area contributed by atoms with Gasteiger partial charge in [-0.1, -0.05) is 54.6 Å². The molecular weight excluding hydrogens is 355 g/mol. The molecule has 28 heavy (non-hydrogen) atoms. The fourth-order valence-electron chi connectivity index (χ4n) is 2.99. The Kier molecular flexibility index (Phi) is 6.03. The molecule has 0 aliphatic carbocycles. The van der Waals surface area contributed by atoms with E-state index in [1.165, 1.54) is 12.1 Å². The van der Waals surface area contributed by atoms with Gasteiger partial charge in [-0.05, 0) is 35.4 Å². The van der Waals surface area contributed by atoms with Crippen LogP contribution in [0.5, 0.6) is 5.75 Å². The number of para-hydroxylation sites is 1. The van der Waals surface area contributed by atoms with Gasteiger partial charge in [-0.25, -0.2) is 4.39 Å². The van der Waals surface area contributed by atoms with Crippen LogP contribution in [0.1, 0.15) is 22.7 Å². The molecule has 0 saturated carbocycles. The number of benzene rings is 3. The summed E-state index contributed by atoms with van der Waals surface area (Å²) < 4.78 is 18.9. The first kappa shape index (κ1) is 19.1. The lowest BCUT2D eigenvalue weighted by atomic mass is 9.97. The van der Waals surface area contributed by atoms with Crippen molar-refractivity contribution >= 4 is 5.91 Å². The van der Waals surface area contributed by atoms with Crippen molar-refractivity contribution in [3.8, 4) is 11.8 Å². The highest BCUT2D eigenvalue weighted by molar-refractivity contribution is 5.78. The molecule has 0 N–H and O–H groups in total. The van der Waals surface area contributed by atoms with Crippen LogP contribution in [0, 0.1) is 17.1 Å². The Labute approximate surface area is 163 Å². The maximum Gasteiger partial charge on any atom is 0.261 e. The molecule has 0 heterocycles. The first-order chi connectivity index (χ1) is 13.6. The van der Waals surface area contributed by atoms with E-state index in [4.69, 9.17) is 10.00 Å². The number of likely N-dealkylation sites (N-methyl/N-ethyl adjacent to an activating group) is 1. The average molecular weight is 374 g/mol. The van der Waals surface area contributed by atoms with Crippen LogP contribution in [-0.2, 0) is 4.79 Å². The van der Waals surface area contributed by atoms with Crippen molar-refractivity contribution in [2.75, 3.05) is 13.7 Å². The van der Waals surface area contributed by atoms with Crippen LogP contribution in [-0.4, -0.2) is 24.5 Å². The fourth-order valence-corrected chi connectivity index (χ4v) is 2.99. The molecule has 0 aromatic heterocycles. The quantitative estimate of drug-likeness (QED) is 0.646. The van der Waals surface area contributed by atoms with Gasteiger partial charge in [-0.3, -0.25) is 4.79 Å². The summed E-state index contributed by atoms with van der Waals surface area (Å²) in [5.41, 5.74) is 2.07. The average Bonchev–Trinajstić information content (AvgIpc) is 2.74. The highest BCUT2D eigenvalue weighted by Gasteiger charge is 2.24. The van der Waals surface area contributed by atoms with Crippen LogP contribution >= 0.6 is 0 Å². The van der Waals surface area contributed by atoms with E-state index in [1.54, 1.807) is 48.3 Å². The highest BCUT2D eigenvalue weighted by atomic mass is 19.1. The molecule has 0 radical (unpaired) electrons. The predicted octanol–water partition coefficient (Wildman–Crippen LogP) is 4.32. The zero-order chi connectivity index (χ0) is 19.9. The monoisotopic (exact) mass is 374 g/mol. The molecule has 0 bridgehead atoms. The minimum absolute atomic E-state index is 0.209. The molecule has 1 unspecified atom stereocenters. The number of hydrogen-bond acceptors (Lipinski definition) is 3. The zero-order valence-corrected chi connectivity index (χ0v) is 15.4. The molecule has 4 nitrogen and oxygen atoms in total. The van der Waals surface area contributed by atoms with Gasteiger partial charge >= 0.3 is 0 Å². The third kappa shape index (κ3) is 4.36. The first-order valence-corrected chi connectivity index (χ1v) is 8.78. The number of carbonyl (C=O) groups excluding carboxylic acids is 1. The highest BCUT2D eigenvalue weighted by Crippen LogP contribution is 2.28. The van der Waals surface area contributed by atoms with Crippen molar-refractivity contribution in [3.05, 3.63) is 101 Å². The molecule has 140 valence electrons. The van der Waals surface area contributed by atoms with Crippen molar-refractivity contribution in [1.82, 2.24) is 4.90 Å². The second-order valence-corrected chi connectivity index (χ2v) is 6.27. The number of nitrogens with zero attached hydrogens (tertiary/aromatic N) is 2. The van der Waals surface area contributed by atoms with Gasteiger partial charge in [0, 0.05) is 7.05 Å². The summed E-state index contributed by atoms with van der Waals surface area (Å²) in [6.07, 6.45) is 0. The Morgan fingerprint density at radius 3 is 2.29 bits per heavy atom. The molecule has 3 aromatic carbocycles. The van der Waals surface area contributed by atoms with Gasteiger partial charge in [-0.15, -0.1) is 0 Å². The molecule has 0 aliphatic heterocycles. The first-order valence-electron chi connectivity index (χ1n) is 8.78. The van der Waals surface area contributed by atoms with E-state index in [1.807, 2.05) is 36.4 Å². The van der Waals surface area contributed by atoms with Gasteiger partial charge in [0.25, 0.3) is 5.91 Å². The van der Waals surface area contributed by atoms with Crippen LogP contribution in [0.3, 0.4) is 0 Å². The van der Waals surface area contributed by atoms with Gasteiger partial charge in [0.05, 0.1) is 11.6 Å². The van der Waals surface area contributed by atoms with Gasteiger partial charge in [0.1, 0.15) is 17.6 Å². The third-order valence-corrected chi connectivity index (χ3v) is 4.44. The Morgan fingerprint density at radius 2 is 1.61 bits per heavy atom. The summed E-state index contributed by atoms with van der Waals surface area (Å²) >= 11 is 0. The molecule has 0 aliphatic rings. The van der Waals surface area contributed by atoms with Crippen molar-refractivity contribution < 1.29 is 13.9 Å². The maximum atomic E-state index is 13.4. The zero-order valence-electron chi connectivity index (χ0n) is 15.4. The van der Waals surface area contributed by atoms with Crippen molar-refractivity contribution in [2.45, 2.75) is 6.04 Å². The lowest BCUT2D eigenvalue weighted by Gasteiger charge is -2.29.